The number of benzene rings is 1. The van der Waals surface area contributed by atoms with Crippen molar-refractivity contribution in [3.05, 3.63) is 29.8 Å². The van der Waals surface area contributed by atoms with E-state index in [4.69, 9.17) is 14.6 Å². The second-order valence-electron chi connectivity index (χ2n) is 3.59. The summed E-state index contributed by atoms with van der Waals surface area (Å²) < 4.78 is 10.8. The van der Waals surface area contributed by atoms with Crippen molar-refractivity contribution < 1.29 is 19.4 Å². The van der Waals surface area contributed by atoms with Crippen molar-refractivity contribution in [2.75, 3.05) is 13.2 Å². The Morgan fingerprint density at radius 2 is 1.88 bits per heavy atom. The van der Waals surface area contributed by atoms with Crippen LogP contribution in [-0.4, -0.2) is 24.3 Å². The van der Waals surface area contributed by atoms with E-state index < -0.39 is 5.97 Å². The lowest BCUT2D eigenvalue weighted by Gasteiger charge is -2.20. The molecule has 0 saturated heterocycles. The molecule has 16 heavy (non-hydrogen) atoms. The van der Waals surface area contributed by atoms with Crippen LogP contribution in [0.4, 0.5) is 0 Å². The van der Waals surface area contributed by atoms with Gasteiger partial charge in [0, 0.05) is 0 Å². The van der Waals surface area contributed by atoms with E-state index in [1.54, 1.807) is 12.1 Å². The number of rotatable bonds is 2. The van der Waals surface area contributed by atoms with Crippen LogP contribution in [0.3, 0.4) is 0 Å². The smallest absolute Gasteiger partial charge is 0.335 e. The molecule has 0 aliphatic carbocycles. The van der Waals surface area contributed by atoms with Crippen molar-refractivity contribution in [3.63, 3.8) is 0 Å². The minimum absolute atomic E-state index is 0.0643. The van der Waals surface area contributed by atoms with Crippen molar-refractivity contribution in [3.8, 4) is 11.5 Å². The molecule has 4 heteroatoms. The standard InChI is InChI=1S/C12H12O4/c1-7-5-10-11(16-4-3-15-10)6-9(7)8(2)12(13)14/h5-6H,2-4H2,1H3,(H,13,14). The Hall–Kier alpha value is -1.97. The lowest BCUT2D eigenvalue weighted by molar-refractivity contribution is -0.130. The third kappa shape index (κ3) is 1.74. The number of fused-ring (bicyclic) bond motifs is 1. The number of ether oxygens (including phenoxy) is 2. The third-order valence-electron chi connectivity index (χ3n) is 2.47. The highest BCUT2D eigenvalue weighted by molar-refractivity contribution is 6.15. The first-order chi connectivity index (χ1) is 7.59. The Kier molecular flexibility index (Phi) is 2.56. The molecule has 1 heterocycles. The molecule has 0 aromatic heterocycles. The second kappa shape index (κ2) is 3.89. The van der Waals surface area contributed by atoms with Gasteiger partial charge < -0.3 is 14.6 Å². The van der Waals surface area contributed by atoms with E-state index in [0.717, 1.165) is 5.56 Å². The summed E-state index contributed by atoms with van der Waals surface area (Å²) in [5.41, 5.74) is 1.46. The van der Waals surface area contributed by atoms with E-state index in [2.05, 4.69) is 6.58 Å². The molecule has 1 aliphatic rings. The van der Waals surface area contributed by atoms with Gasteiger partial charge in [-0.1, -0.05) is 6.58 Å². The van der Waals surface area contributed by atoms with Gasteiger partial charge in [-0.05, 0) is 30.2 Å². The fourth-order valence-corrected chi connectivity index (χ4v) is 1.63. The summed E-state index contributed by atoms with van der Waals surface area (Å²) in [7, 11) is 0. The van der Waals surface area contributed by atoms with Crippen molar-refractivity contribution in [1.82, 2.24) is 0 Å². The molecular weight excluding hydrogens is 208 g/mol. The summed E-state index contributed by atoms with van der Waals surface area (Å²) in [6.45, 7) is 6.36. The summed E-state index contributed by atoms with van der Waals surface area (Å²) in [4.78, 5) is 10.8. The highest BCUT2D eigenvalue weighted by Gasteiger charge is 2.17. The Balaban J connectivity index is 2.47. The molecule has 1 aliphatic heterocycles. The number of aryl methyl sites for hydroxylation is 1. The van der Waals surface area contributed by atoms with Crippen LogP contribution in [0.5, 0.6) is 11.5 Å². The van der Waals surface area contributed by atoms with Gasteiger partial charge in [-0.2, -0.15) is 0 Å². The SMILES string of the molecule is C=C(C(=O)O)c1cc2c(cc1C)OCCO2. The van der Waals surface area contributed by atoms with Gasteiger partial charge in [-0.25, -0.2) is 4.79 Å². The Labute approximate surface area is 93.1 Å². The zero-order chi connectivity index (χ0) is 11.7. The molecule has 0 radical (unpaired) electrons. The summed E-state index contributed by atoms with van der Waals surface area (Å²) in [5, 5.41) is 8.89. The minimum Gasteiger partial charge on any atom is -0.486 e. The van der Waals surface area contributed by atoms with E-state index in [9.17, 15) is 4.79 Å². The molecule has 1 N–H and O–H groups in total. The molecule has 1 aromatic carbocycles. The molecule has 0 amide bonds. The van der Waals surface area contributed by atoms with Crippen molar-refractivity contribution in [1.29, 1.82) is 0 Å². The Bertz CT molecular complexity index is 462. The van der Waals surface area contributed by atoms with Crippen molar-refractivity contribution in [2.24, 2.45) is 0 Å². The highest BCUT2D eigenvalue weighted by Crippen LogP contribution is 2.35. The fraction of sp³-hybridized carbons (Fsp3) is 0.250. The van der Waals surface area contributed by atoms with E-state index in [0.29, 0.717) is 30.3 Å². The summed E-state index contributed by atoms with van der Waals surface area (Å²) >= 11 is 0. The lowest BCUT2D eigenvalue weighted by Crippen LogP contribution is -2.16. The van der Waals surface area contributed by atoms with Crippen LogP contribution in [0.15, 0.2) is 18.7 Å². The molecule has 0 atom stereocenters. The van der Waals surface area contributed by atoms with E-state index in [1.165, 1.54) is 0 Å². The Morgan fingerprint density at radius 1 is 1.31 bits per heavy atom. The molecule has 0 spiro atoms. The number of hydrogen-bond donors (Lipinski definition) is 1. The highest BCUT2D eigenvalue weighted by atomic mass is 16.6. The maximum Gasteiger partial charge on any atom is 0.335 e. The maximum atomic E-state index is 10.8. The van der Waals surface area contributed by atoms with Crippen LogP contribution in [0.25, 0.3) is 5.57 Å². The molecule has 2 rings (SSSR count). The molecule has 0 bridgehead atoms. The number of carbonyl (C=O) groups is 1. The van der Waals surface area contributed by atoms with Crippen molar-refractivity contribution in [2.45, 2.75) is 6.92 Å². The monoisotopic (exact) mass is 220 g/mol. The largest absolute Gasteiger partial charge is 0.486 e. The van der Waals surface area contributed by atoms with Gasteiger partial charge >= 0.3 is 5.97 Å². The average molecular weight is 220 g/mol. The minimum atomic E-state index is -1.03. The molecule has 84 valence electrons. The first-order valence-electron chi connectivity index (χ1n) is 4.92. The lowest BCUT2D eigenvalue weighted by atomic mass is 10.0. The fourth-order valence-electron chi connectivity index (χ4n) is 1.63. The number of carboxylic acid groups (broad SMARTS) is 1. The van der Waals surface area contributed by atoms with Gasteiger partial charge in [0.25, 0.3) is 0 Å². The third-order valence-corrected chi connectivity index (χ3v) is 2.47. The summed E-state index contributed by atoms with van der Waals surface area (Å²) in [5.74, 6) is 0.208. The molecular formula is C12H12O4. The average Bonchev–Trinajstić information content (AvgIpc) is 2.27. The van der Waals surface area contributed by atoms with Gasteiger partial charge in [0.05, 0.1) is 5.57 Å². The predicted octanol–water partition coefficient (Wildman–Crippen LogP) is 1.86. The second-order valence-corrected chi connectivity index (χ2v) is 3.59. The van der Waals surface area contributed by atoms with Crippen LogP contribution < -0.4 is 9.47 Å². The predicted molar refractivity (Wildman–Crippen MR) is 58.8 cm³/mol. The number of aliphatic carboxylic acids is 1. The molecule has 4 nitrogen and oxygen atoms in total. The van der Waals surface area contributed by atoms with Crippen molar-refractivity contribution >= 4 is 11.5 Å². The number of carboxylic acids is 1. The Morgan fingerprint density at radius 3 is 2.44 bits per heavy atom. The molecule has 0 saturated carbocycles. The quantitative estimate of drug-likeness (QED) is 0.773. The van der Waals surface area contributed by atoms with Crippen LogP contribution in [0.2, 0.25) is 0 Å². The van der Waals surface area contributed by atoms with Gasteiger partial charge in [-0.15, -0.1) is 0 Å². The summed E-state index contributed by atoms with van der Waals surface area (Å²) in [6, 6.07) is 3.44. The topological polar surface area (TPSA) is 55.8 Å². The van der Waals surface area contributed by atoms with E-state index in [1.807, 2.05) is 6.92 Å². The first kappa shape index (κ1) is 10.5. The first-order valence-corrected chi connectivity index (χ1v) is 4.92. The molecule has 0 fully saturated rings. The van der Waals surface area contributed by atoms with Gasteiger partial charge in [0.1, 0.15) is 13.2 Å². The van der Waals surface area contributed by atoms with E-state index in [-0.39, 0.29) is 5.57 Å². The van der Waals surface area contributed by atoms with Gasteiger partial charge in [-0.3, -0.25) is 0 Å². The van der Waals surface area contributed by atoms with Crippen LogP contribution >= 0.6 is 0 Å². The molecule has 1 aromatic rings. The zero-order valence-electron chi connectivity index (χ0n) is 8.95. The molecule has 0 unspecified atom stereocenters. The zero-order valence-corrected chi connectivity index (χ0v) is 8.95. The van der Waals surface area contributed by atoms with Crippen LogP contribution in [0.1, 0.15) is 11.1 Å². The van der Waals surface area contributed by atoms with Crippen LogP contribution in [-0.2, 0) is 4.79 Å². The number of hydrogen-bond acceptors (Lipinski definition) is 3. The van der Waals surface area contributed by atoms with Gasteiger partial charge in [0.2, 0.25) is 0 Å². The van der Waals surface area contributed by atoms with Gasteiger partial charge in [0.15, 0.2) is 11.5 Å². The maximum absolute atomic E-state index is 10.8. The normalized spacial score (nSPS) is 13.3. The van der Waals surface area contributed by atoms with Crippen LogP contribution in [0, 0.1) is 6.92 Å². The van der Waals surface area contributed by atoms with E-state index >= 15 is 0 Å². The summed E-state index contributed by atoms with van der Waals surface area (Å²) in [6.07, 6.45) is 0.